The largest absolute Gasteiger partial charge is 0.378 e. The second kappa shape index (κ2) is 6.54. The van der Waals surface area contributed by atoms with Gasteiger partial charge >= 0.3 is 0 Å². The van der Waals surface area contributed by atoms with Crippen LogP contribution in [0.1, 0.15) is 34.1 Å². The van der Waals surface area contributed by atoms with E-state index in [1.54, 1.807) is 4.90 Å². The standard InChI is InChI=1S/C14H27N3O3/c1-13(2,14(3,4)15)12(19)16-6-5-11(18)17-7-9-20-10-8-17/h5-10,15H2,1-4H3,(H,16,19). The summed E-state index contributed by atoms with van der Waals surface area (Å²) in [4.78, 5) is 25.8. The molecule has 0 atom stereocenters. The monoisotopic (exact) mass is 285 g/mol. The van der Waals surface area contributed by atoms with Gasteiger partial charge in [-0.1, -0.05) is 0 Å². The fraction of sp³-hybridized carbons (Fsp3) is 0.857. The lowest BCUT2D eigenvalue weighted by Gasteiger charge is -2.37. The number of carbonyl (C=O) groups excluding carboxylic acids is 2. The van der Waals surface area contributed by atoms with Gasteiger partial charge in [-0.05, 0) is 27.7 Å². The molecule has 0 spiro atoms. The second-order valence-electron chi connectivity index (χ2n) is 6.35. The number of ether oxygens (including phenoxy) is 1. The zero-order chi connectivity index (χ0) is 15.4. The number of carbonyl (C=O) groups is 2. The highest BCUT2D eigenvalue weighted by molar-refractivity contribution is 5.84. The van der Waals surface area contributed by atoms with Crippen LogP contribution in [0, 0.1) is 5.41 Å². The summed E-state index contributed by atoms with van der Waals surface area (Å²) >= 11 is 0. The maximum absolute atomic E-state index is 12.1. The summed E-state index contributed by atoms with van der Waals surface area (Å²) in [5, 5.41) is 2.80. The van der Waals surface area contributed by atoms with Crippen molar-refractivity contribution in [2.24, 2.45) is 11.1 Å². The van der Waals surface area contributed by atoms with E-state index in [4.69, 9.17) is 10.5 Å². The molecule has 6 heteroatoms. The molecule has 0 radical (unpaired) electrons. The van der Waals surface area contributed by atoms with E-state index in [2.05, 4.69) is 5.32 Å². The van der Waals surface area contributed by atoms with E-state index < -0.39 is 11.0 Å². The highest BCUT2D eigenvalue weighted by Crippen LogP contribution is 2.28. The summed E-state index contributed by atoms with van der Waals surface area (Å²) in [6.07, 6.45) is 0.312. The van der Waals surface area contributed by atoms with Gasteiger partial charge in [0, 0.05) is 31.6 Å². The van der Waals surface area contributed by atoms with Crippen LogP contribution in [0.3, 0.4) is 0 Å². The van der Waals surface area contributed by atoms with Crippen LogP contribution in [0.4, 0.5) is 0 Å². The Morgan fingerprint density at radius 1 is 1.20 bits per heavy atom. The summed E-state index contributed by atoms with van der Waals surface area (Å²) in [6, 6.07) is 0. The Balaban J connectivity index is 2.36. The molecule has 3 N–H and O–H groups in total. The average molecular weight is 285 g/mol. The van der Waals surface area contributed by atoms with Crippen molar-refractivity contribution < 1.29 is 14.3 Å². The van der Waals surface area contributed by atoms with Crippen molar-refractivity contribution in [3.05, 3.63) is 0 Å². The predicted octanol–water partition coefficient (Wildman–Crippen LogP) is 0.115. The van der Waals surface area contributed by atoms with E-state index >= 15 is 0 Å². The number of nitrogens with one attached hydrogen (secondary N) is 1. The highest BCUT2D eigenvalue weighted by Gasteiger charge is 2.40. The molecule has 1 heterocycles. The maximum atomic E-state index is 12.1. The summed E-state index contributed by atoms with van der Waals surface area (Å²) in [7, 11) is 0. The van der Waals surface area contributed by atoms with Crippen LogP contribution >= 0.6 is 0 Å². The van der Waals surface area contributed by atoms with Gasteiger partial charge in [0.1, 0.15) is 0 Å². The fourth-order valence-electron chi connectivity index (χ4n) is 1.77. The third kappa shape index (κ3) is 4.18. The lowest BCUT2D eigenvalue weighted by molar-refractivity contribution is -0.135. The minimum atomic E-state index is -0.686. The van der Waals surface area contributed by atoms with Crippen LogP contribution in [0.2, 0.25) is 0 Å². The zero-order valence-electron chi connectivity index (χ0n) is 13.0. The first-order valence-corrected chi connectivity index (χ1v) is 7.09. The first-order chi connectivity index (χ1) is 9.16. The third-order valence-corrected chi connectivity index (χ3v) is 4.17. The van der Waals surface area contributed by atoms with Crippen LogP contribution < -0.4 is 11.1 Å². The average Bonchev–Trinajstić information content (AvgIpc) is 2.38. The normalized spacial score (nSPS) is 16.9. The number of nitrogens with two attached hydrogens (primary N) is 1. The highest BCUT2D eigenvalue weighted by atomic mass is 16.5. The molecule has 0 saturated carbocycles. The molecule has 0 unspecified atom stereocenters. The van der Waals surface area contributed by atoms with E-state index in [1.165, 1.54) is 0 Å². The second-order valence-corrected chi connectivity index (χ2v) is 6.35. The maximum Gasteiger partial charge on any atom is 0.227 e. The van der Waals surface area contributed by atoms with Crippen molar-refractivity contribution in [2.45, 2.75) is 39.7 Å². The summed E-state index contributed by atoms with van der Waals surface area (Å²) in [5.41, 5.74) is 4.71. The molecule has 116 valence electrons. The summed E-state index contributed by atoms with van der Waals surface area (Å²) in [6.45, 7) is 10.1. The Labute approximate surface area is 121 Å². The minimum Gasteiger partial charge on any atom is -0.378 e. The molecule has 1 fully saturated rings. The number of hydrogen-bond donors (Lipinski definition) is 2. The molecule has 1 saturated heterocycles. The van der Waals surface area contributed by atoms with Crippen LogP contribution in [0.15, 0.2) is 0 Å². The molecule has 1 rings (SSSR count). The molecule has 1 aliphatic heterocycles. The van der Waals surface area contributed by atoms with Gasteiger partial charge in [0.25, 0.3) is 0 Å². The molecule has 0 aromatic heterocycles. The Bertz CT molecular complexity index is 355. The molecule has 2 amide bonds. The third-order valence-electron chi connectivity index (χ3n) is 4.17. The van der Waals surface area contributed by atoms with Crippen molar-refractivity contribution in [3.63, 3.8) is 0 Å². The van der Waals surface area contributed by atoms with Crippen molar-refractivity contribution in [1.82, 2.24) is 10.2 Å². The van der Waals surface area contributed by atoms with Crippen molar-refractivity contribution in [1.29, 1.82) is 0 Å². The van der Waals surface area contributed by atoms with Gasteiger partial charge in [0.05, 0.1) is 18.6 Å². The van der Waals surface area contributed by atoms with Crippen molar-refractivity contribution in [3.8, 4) is 0 Å². The predicted molar refractivity (Wildman–Crippen MR) is 77.1 cm³/mol. The molecule has 0 bridgehead atoms. The van der Waals surface area contributed by atoms with Gasteiger partial charge in [-0.15, -0.1) is 0 Å². The molecule has 6 nitrogen and oxygen atoms in total. The van der Waals surface area contributed by atoms with Gasteiger partial charge in [-0.25, -0.2) is 0 Å². The van der Waals surface area contributed by atoms with Gasteiger partial charge in [0.15, 0.2) is 0 Å². The summed E-state index contributed by atoms with van der Waals surface area (Å²) in [5.74, 6) is -0.0711. The molecular weight excluding hydrogens is 258 g/mol. The SMILES string of the molecule is CC(C)(N)C(C)(C)C(=O)NCCC(=O)N1CCOCC1. The number of rotatable bonds is 5. The van der Waals surface area contributed by atoms with Crippen LogP contribution in [0.5, 0.6) is 0 Å². The molecule has 1 aliphatic rings. The van der Waals surface area contributed by atoms with Gasteiger partial charge in [-0.3, -0.25) is 9.59 Å². The van der Waals surface area contributed by atoms with E-state index in [0.29, 0.717) is 39.3 Å². The van der Waals surface area contributed by atoms with E-state index in [0.717, 1.165) is 0 Å². The van der Waals surface area contributed by atoms with Crippen LogP contribution in [-0.4, -0.2) is 55.1 Å². The zero-order valence-corrected chi connectivity index (χ0v) is 13.0. The van der Waals surface area contributed by atoms with E-state index in [1.807, 2.05) is 27.7 Å². The summed E-state index contributed by atoms with van der Waals surface area (Å²) < 4.78 is 5.20. The fourth-order valence-corrected chi connectivity index (χ4v) is 1.77. The quantitative estimate of drug-likeness (QED) is 0.751. The molecule has 20 heavy (non-hydrogen) atoms. The number of hydrogen-bond acceptors (Lipinski definition) is 4. The number of amides is 2. The Kier molecular flexibility index (Phi) is 5.53. The molecule has 0 aliphatic carbocycles. The van der Waals surface area contributed by atoms with E-state index in [-0.39, 0.29) is 11.8 Å². The topological polar surface area (TPSA) is 84.7 Å². The number of morpholine rings is 1. The first kappa shape index (κ1) is 16.9. The van der Waals surface area contributed by atoms with Crippen LogP contribution in [-0.2, 0) is 14.3 Å². The lowest BCUT2D eigenvalue weighted by atomic mass is 9.74. The Morgan fingerprint density at radius 3 is 2.25 bits per heavy atom. The van der Waals surface area contributed by atoms with Crippen molar-refractivity contribution in [2.75, 3.05) is 32.8 Å². The van der Waals surface area contributed by atoms with Crippen molar-refractivity contribution >= 4 is 11.8 Å². The number of nitrogens with zero attached hydrogens (tertiary/aromatic N) is 1. The minimum absolute atomic E-state index is 0.0541. The lowest BCUT2D eigenvalue weighted by Crippen LogP contribution is -2.55. The first-order valence-electron chi connectivity index (χ1n) is 7.09. The Hall–Kier alpha value is -1.14. The molecule has 0 aromatic rings. The van der Waals surface area contributed by atoms with E-state index in [9.17, 15) is 9.59 Å². The van der Waals surface area contributed by atoms with Gasteiger partial charge in [-0.2, -0.15) is 0 Å². The Morgan fingerprint density at radius 2 is 1.75 bits per heavy atom. The molecular formula is C14H27N3O3. The van der Waals surface area contributed by atoms with Crippen LogP contribution in [0.25, 0.3) is 0 Å². The smallest absolute Gasteiger partial charge is 0.227 e. The molecule has 0 aromatic carbocycles. The van der Waals surface area contributed by atoms with Gasteiger partial charge < -0.3 is 20.7 Å². The van der Waals surface area contributed by atoms with Gasteiger partial charge in [0.2, 0.25) is 11.8 Å².